The number of carbonyl (C=O) groups excluding carboxylic acids is 1. The molecule has 1 amide bonds. The molecule has 28 heavy (non-hydrogen) atoms. The Morgan fingerprint density at radius 1 is 1.18 bits per heavy atom. The Bertz CT molecular complexity index is 932. The van der Waals surface area contributed by atoms with Gasteiger partial charge in [0.2, 0.25) is 5.91 Å². The minimum absolute atomic E-state index is 0.0242. The fourth-order valence-electron chi connectivity index (χ4n) is 2.35. The number of nitrogens with zero attached hydrogens (tertiary/aromatic N) is 1. The van der Waals surface area contributed by atoms with Gasteiger partial charge in [0.1, 0.15) is 28.8 Å². The molecule has 0 saturated carbocycles. The van der Waals surface area contributed by atoms with E-state index in [1.807, 2.05) is 0 Å². The molecule has 0 aromatic heterocycles. The van der Waals surface area contributed by atoms with E-state index >= 15 is 0 Å². The van der Waals surface area contributed by atoms with Gasteiger partial charge in [-0.2, -0.15) is 0 Å². The van der Waals surface area contributed by atoms with Gasteiger partial charge in [0, 0.05) is 23.5 Å². The Morgan fingerprint density at radius 2 is 1.82 bits per heavy atom. The van der Waals surface area contributed by atoms with Gasteiger partial charge in [-0.1, -0.05) is 6.58 Å². The Labute approximate surface area is 162 Å². The zero-order valence-corrected chi connectivity index (χ0v) is 15.5. The number of hydrogen-bond donors (Lipinski definition) is 3. The lowest BCUT2D eigenvalue weighted by Crippen LogP contribution is -2.15. The van der Waals surface area contributed by atoms with Crippen LogP contribution in [0.25, 0.3) is 5.57 Å². The van der Waals surface area contributed by atoms with Crippen LogP contribution in [0.2, 0.25) is 0 Å². The molecule has 0 aliphatic heterocycles. The molecule has 7 nitrogen and oxygen atoms in total. The molecular weight excluding hydrogens is 363 g/mol. The van der Waals surface area contributed by atoms with Crippen LogP contribution in [-0.2, 0) is 4.79 Å². The molecule has 2 rings (SSSR count). The van der Waals surface area contributed by atoms with Gasteiger partial charge in [-0.05, 0) is 42.0 Å². The summed E-state index contributed by atoms with van der Waals surface area (Å²) < 4.78 is 24.6. The van der Waals surface area contributed by atoms with Gasteiger partial charge in [0.25, 0.3) is 0 Å². The molecule has 0 bridgehead atoms. The summed E-state index contributed by atoms with van der Waals surface area (Å²) in [6.07, 6.45) is 2.36. The Kier molecular flexibility index (Phi) is 6.75. The first-order valence-corrected chi connectivity index (χ1v) is 8.14. The van der Waals surface area contributed by atoms with Gasteiger partial charge >= 0.3 is 0 Å². The van der Waals surface area contributed by atoms with E-state index in [-0.39, 0.29) is 11.5 Å². The van der Waals surface area contributed by atoms with E-state index in [1.54, 1.807) is 18.2 Å². The molecule has 0 atom stereocenters. The van der Waals surface area contributed by atoms with Crippen molar-refractivity contribution in [1.82, 2.24) is 0 Å². The standard InChI is InChI=1S/C20H21FN4O3/c1-4-19(26)24-13-5-6-17(21)18(9-13)25-20(23)16(11-22)12-7-14(27-2)10-15(8-12)28-3/h4-11H,1,22H2,2-3H3,(H2,23,25)(H,24,26)/b16-11-. The van der Waals surface area contributed by atoms with Crippen molar-refractivity contribution in [3.05, 3.63) is 66.6 Å². The minimum Gasteiger partial charge on any atom is -0.497 e. The third-order valence-corrected chi connectivity index (χ3v) is 3.75. The van der Waals surface area contributed by atoms with E-state index in [0.29, 0.717) is 28.3 Å². The highest BCUT2D eigenvalue weighted by atomic mass is 19.1. The largest absolute Gasteiger partial charge is 0.497 e. The first-order chi connectivity index (χ1) is 13.4. The second-order valence-corrected chi connectivity index (χ2v) is 5.54. The lowest BCUT2D eigenvalue weighted by molar-refractivity contribution is -0.111. The van der Waals surface area contributed by atoms with Crippen molar-refractivity contribution in [2.45, 2.75) is 0 Å². The normalized spacial score (nSPS) is 11.7. The van der Waals surface area contributed by atoms with Crippen molar-refractivity contribution in [2.24, 2.45) is 16.5 Å². The number of benzene rings is 2. The number of halogens is 1. The summed E-state index contributed by atoms with van der Waals surface area (Å²) in [6.45, 7) is 3.37. The van der Waals surface area contributed by atoms with E-state index in [4.69, 9.17) is 20.9 Å². The number of amidine groups is 1. The van der Waals surface area contributed by atoms with Crippen LogP contribution in [0.5, 0.6) is 11.5 Å². The summed E-state index contributed by atoms with van der Waals surface area (Å²) >= 11 is 0. The highest BCUT2D eigenvalue weighted by molar-refractivity contribution is 6.22. The minimum atomic E-state index is -0.612. The zero-order chi connectivity index (χ0) is 20.7. The highest BCUT2D eigenvalue weighted by Gasteiger charge is 2.12. The number of anilines is 1. The van der Waals surface area contributed by atoms with E-state index in [1.165, 1.54) is 38.6 Å². The molecule has 8 heteroatoms. The maximum absolute atomic E-state index is 14.2. The van der Waals surface area contributed by atoms with E-state index in [0.717, 1.165) is 6.08 Å². The molecule has 2 aromatic carbocycles. The first kappa shape index (κ1) is 20.5. The van der Waals surface area contributed by atoms with E-state index in [2.05, 4.69) is 16.9 Å². The number of carbonyl (C=O) groups is 1. The van der Waals surface area contributed by atoms with Gasteiger partial charge in [-0.25, -0.2) is 9.38 Å². The quantitative estimate of drug-likeness (QED) is 0.386. The van der Waals surface area contributed by atoms with Gasteiger partial charge < -0.3 is 26.3 Å². The summed E-state index contributed by atoms with van der Waals surface area (Å²) in [6, 6.07) is 9.01. The highest BCUT2D eigenvalue weighted by Crippen LogP contribution is 2.28. The Hall–Kier alpha value is -3.81. The lowest BCUT2D eigenvalue weighted by Gasteiger charge is -2.11. The van der Waals surface area contributed by atoms with Crippen LogP contribution in [0.3, 0.4) is 0 Å². The van der Waals surface area contributed by atoms with Crippen LogP contribution in [0.15, 0.2) is 60.2 Å². The molecular formula is C20H21FN4O3. The fraction of sp³-hybridized carbons (Fsp3) is 0.100. The summed E-state index contributed by atoms with van der Waals surface area (Å²) in [5.74, 6) is -0.00721. The van der Waals surface area contributed by atoms with Crippen LogP contribution < -0.4 is 26.3 Å². The van der Waals surface area contributed by atoms with Gasteiger partial charge in [0.05, 0.1) is 14.2 Å². The molecule has 0 radical (unpaired) electrons. The number of ether oxygens (including phenoxy) is 2. The lowest BCUT2D eigenvalue weighted by atomic mass is 10.0. The van der Waals surface area contributed by atoms with Crippen molar-refractivity contribution >= 4 is 28.7 Å². The molecule has 5 N–H and O–H groups in total. The monoisotopic (exact) mass is 384 g/mol. The van der Waals surface area contributed by atoms with Crippen molar-refractivity contribution in [1.29, 1.82) is 0 Å². The van der Waals surface area contributed by atoms with Gasteiger partial charge in [-0.15, -0.1) is 0 Å². The molecule has 0 spiro atoms. The number of amides is 1. The molecule has 0 saturated heterocycles. The van der Waals surface area contributed by atoms with Crippen molar-refractivity contribution in [2.75, 3.05) is 19.5 Å². The average Bonchev–Trinajstić information content (AvgIpc) is 2.70. The molecule has 0 aliphatic carbocycles. The average molecular weight is 384 g/mol. The molecule has 146 valence electrons. The van der Waals surface area contributed by atoms with Crippen LogP contribution in [0.1, 0.15) is 5.56 Å². The van der Waals surface area contributed by atoms with Crippen LogP contribution in [-0.4, -0.2) is 26.0 Å². The number of rotatable bonds is 7. The Balaban J connectivity index is 2.44. The van der Waals surface area contributed by atoms with Crippen molar-refractivity contribution in [3.63, 3.8) is 0 Å². The molecule has 2 aromatic rings. The van der Waals surface area contributed by atoms with Crippen LogP contribution in [0, 0.1) is 5.82 Å². The van der Waals surface area contributed by atoms with Gasteiger partial charge in [-0.3, -0.25) is 4.79 Å². The summed E-state index contributed by atoms with van der Waals surface area (Å²) in [5.41, 5.74) is 13.0. The molecule has 0 aliphatic rings. The third-order valence-electron chi connectivity index (χ3n) is 3.75. The maximum atomic E-state index is 14.2. The predicted octanol–water partition coefficient (Wildman–Crippen LogP) is 2.96. The number of methoxy groups -OCH3 is 2. The van der Waals surface area contributed by atoms with Crippen LogP contribution >= 0.6 is 0 Å². The second kappa shape index (κ2) is 9.22. The summed E-state index contributed by atoms with van der Waals surface area (Å²) in [5, 5.41) is 2.53. The van der Waals surface area contributed by atoms with E-state index < -0.39 is 11.7 Å². The van der Waals surface area contributed by atoms with Crippen LogP contribution in [0.4, 0.5) is 15.8 Å². The SMILES string of the molecule is C=CC(=O)Nc1ccc(F)c(N=C(N)/C(=C\N)c2cc(OC)cc(OC)c2)c1. The summed E-state index contributed by atoms with van der Waals surface area (Å²) in [4.78, 5) is 15.6. The first-order valence-electron chi connectivity index (χ1n) is 8.14. The zero-order valence-electron chi connectivity index (χ0n) is 15.5. The summed E-state index contributed by atoms with van der Waals surface area (Å²) in [7, 11) is 3.03. The Morgan fingerprint density at radius 3 is 2.36 bits per heavy atom. The van der Waals surface area contributed by atoms with E-state index in [9.17, 15) is 9.18 Å². The predicted molar refractivity (Wildman–Crippen MR) is 108 cm³/mol. The second-order valence-electron chi connectivity index (χ2n) is 5.54. The number of nitrogens with one attached hydrogen (secondary N) is 1. The van der Waals surface area contributed by atoms with Crippen molar-refractivity contribution < 1.29 is 18.7 Å². The van der Waals surface area contributed by atoms with Gasteiger partial charge in [0.15, 0.2) is 0 Å². The number of aliphatic imine (C=N–C) groups is 1. The number of hydrogen-bond acceptors (Lipinski definition) is 5. The third kappa shape index (κ3) is 4.88. The van der Waals surface area contributed by atoms with Crippen molar-refractivity contribution in [3.8, 4) is 11.5 Å². The smallest absolute Gasteiger partial charge is 0.247 e. The maximum Gasteiger partial charge on any atom is 0.247 e. The number of nitrogens with two attached hydrogens (primary N) is 2. The molecule has 0 unspecified atom stereocenters. The molecule has 0 fully saturated rings. The topological polar surface area (TPSA) is 112 Å². The fourth-order valence-corrected chi connectivity index (χ4v) is 2.35. The molecule has 0 heterocycles.